The summed E-state index contributed by atoms with van der Waals surface area (Å²) in [4.78, 5) is 10.1. The first-order valence-corrected chi connectivity index (χ1v) is 4.09. The summed E-state index contributed by atoms with van der Waals surface area (Å²) in [6.45, 7) is 0. The molecule has 3 heteroatoms. The van der Waals surface area contributed by atoms with Gasteiger partial charge in [-0.1, -0.05) is 38.5 Å². The molecule has 0 fully saturated rings. The zero-order chi connectivity index (χ0) is 4.99. The van der Waals surface area contributed by atoms with E-state index in [-0.39, 0.29) is 5.78 Å². The largest absolute Gasteiger partial charge is 0.298 e. The minimum absolute atomic E-state index is 0.246. The van der Waals surface area contributed by atoms with Crippen LogP contribution in [0.3, 0.4) is 0 Å². The van der Waals surface area contributed by atoms with Gasteiger partial charge in [0.1, 0.15) is 0 Å². The lowest BCUT2D eigenvalue weighted by Crippen LogP contribution is -1.97. The van der Waals surface area contributed by atoms with Crippen LogP contribution in [0.2, 0.25) is 0 Å². The molecule has 0 aliphatic rings. The molecule has 36 valence electrons. The predicted molar refractivity (Wildman–Crippen MR) is 37.7 cm³/mol. The Bertz CT molecular complexity index is 48.8. The number of hydrogen-bond acceptors (Lipinski definition) is 1. The third kappa shape index (κ3) is 3.08. The first-order valence-electron chi connectivity index (χ1n) is 1.45. The van der Waals surface area contributed by atoms with Crippen LogP contribution >= 0.6 is 38.5 Å². The highest BCUT2D eigenvalue weighted by atomic mass is 127. The molecule has 0 aliphatic carbocycles. The summed E-state index contributed by atoms with van der Waals surface area (Å²) < 4.78 is 0.614. The summed E-state index contributed by atoms with van der Waals surface area (Å²) in [5.41, 5.74) is 0. The number of alkyl halides is 2. The second kappa shape index (κ2) is 4.05. The van der Waals surface area contributed by atoms with Crippen LogP contribution in [0.15, 0.2) is 0 Å². The van der Waals surface area contributed by atoms with Crippen molar-refractivity contribution < 1.29 is 4.79 Å². The van der Waals surface area contributed by atoms with Gasteiger partial charge in [0.2, 0.25) is 0 Å². The van der Waals surface area contributed by atoms with Gasteiger partial charge in [-0.15, -0.1) is 0 Å². The lowest BCUT2D eigenvalue weighted by atomic mass is 10.5. The van der Waals surface area contributed by atoms with Crippen LogP contribution in [-0.4, -0.2) is 15.5 Å². The molecule has 0 aromatic heterocycles. The van der Waals surface area contributed by atoms with Gasteiger partial charge in [-0.2, -0.15) is 0 Å². The number of Topliss-reactive ketones (excluding diaryl/α,β-unsaturated/α-hetero) is 1. The van der Waals surface area contributed by atoms with Crippen LogP contribution in [0, 0.1) is 0 Å². The van der Waals surface area contributed by atoms with E-state index in [0.29, 0.717) is 9.76 Å². The van der Waals surface area contributed by atoms with E-state index in [0.717, 1.165) is 0 Å². The average Bonchev–Trinajstić information content (AvgIpc) is 1.65. The number of halogens is 2. The molecule has 0 rings (SSSR count). The van der Waals surface area contributed by atoms with Crippen molar-refractivity contribution in [3.63, 3.8) is 0 Å². The molecule has 6 heavy (non-hydrogen) atoms. The van der Waals surface area contributed by atoms with Crippen molar-refractivity contribution in [1.82, 2.24) is 0 Å². The number of rotatable bonds is 2. The van der Waals surface area contributed by atoms with Crippen molar-refractivity contribution in [3.05, 3.63) is 0 Å². The molecule has 1 nitrogen and oxygen atoms in total. The smallest absolute Gasteiger partial charge is 0.153 e. The van der Waals surface area contributed by atoms with Gasteiger partial charge in [0.25, 0.3) is 0 Å². The van der Waals surface area contributed by atoms with Crippen LogP contribution in [0.4, 0.5) is 0 Å². The first-order chi connectivity index (χ1) is 2.81. The van der Waals surface area contributed by atoms with Crippen LogP contribution < -0.4 is 0 Å². The molecule has 0 aliphatic heterocycles. The molecule has 0 radical (unpaired) electrons. The van der Waals surface area contributed by atoms with E-state index in [1.54, 1.807) is 0 Å². The van der Waals surface area contributed by atoms with Crippen LogP contribution in [-0.2, 0) is 4.79 Å². The summed E-state index contributed by atoms with van der Waals surface area (Å²) in [6.07, 6.45) is 0. The summed E-state index contributed by atoms with van der Waals surface area (Å²) in [7, 11) is 0. The lowest BCUT2D eigenvalue weighted by Gasteiger charge is -1.78. The molecule has 0 bridgehead atoms. The number of hydrogen-bond donors (Lipinski definition) is 0. The molecule has 0 aromatic rings. The Morgan fingerprint density at radius 2 is 2.33 bits per heavy atom. The maximum absolute atomic E-state index is 10.1. The Labute approximate surface area is 58.8 Å². The third-order valence-corrected chi connectivity index (χ3v) is 1.77. The molecule has 0 amide bonds. The Balaban J connectivity index is 2.99. The molecule has 0 saturated carbocycles. The van der Waals surface area contributed by atoms with Gasteiger partial charge in [-0.25, -0.2) is 0 Å². The van der Waals surface area contributed by atoms with Crippen LogP contribution in [0.25, 0.3) is 0 Å². The van der Waals surface area contributed by atoms with Crippen LogP contribution in [0.1, 0.15) is 0 Å². The van der Waals surface area contributed by atoms with Crippen molar-refractivity contribution in [3.8, 4) is 0 Å². The standard InChI is InChI=1S/C3H4BrIO/c4-1-3(6)2-5/h1-2H2. The molecular formula is C3H4BrIO. The molecular weight excluding hydrogens is 259 g/mol. The minimum atomic E-state index is 0.246. The molecule has 0 saturated heterocycles. The third-order valence-electron chi connectivity index (χ3n) is 0.298. The first kappa shape index (κ1) is 6.88. The fourth-order valence-corrected chi connectivity index (χ4v) is 1.24. The summed E-state index contributed by atoms with van der Waals surface area (Å²) in [5.74, 6) is 0.246. The normalized spacial score (nSPS) is 8.33. The molecule has 0 spiro atoms. The Morgan fingerprint density at radius 3 is 2.33 bits per heavy atom. The fraction of sp³-hybridized carbons (Fsp3) is 0.667. The Kier molecular flexibility index (Phi) is 4.64. The van der Waals surface area contributed by atoms with Gasteiger partial charge >= 0.3 is 0 Å². The van der Waals surface area contributed by atoms with E-state index in [1.165, 1.54) is 0 Å². The van der Waals surface area contributed by atoms with Crippen molar-refractivity contribution in [2.75, 3.05) is 9.76 Å². The van der Waals surface area contributed by atoms with Gasteiger partial charge in [0.15, 0.2) is 5.78 Å². The number of carbonyl (C=O) groups is 1. The highest BCUT2D eigenvalue weighted by molar-refractivity contribution is 14.1. The molecule has 0 aromatic carbocycles. The Morgan fingerprint density at radius 1 is 1.83 bits per heavy atom. The van der Waals surface area contributed by atoms with Gasteiger partial charge in [0, 0.05) is 0 Å². The van der Waals surface area contributed by atoms with Crippen LogP contribution in [0.5, 0.6) is 0 Å². The number of carbonyl (C=O) groups excluding carboxylic acids is 1. The summed E-state index contributed by atoms with van der Waals surface area (Å²) in [6, 6.07) is 0. The summed E-state index contributed by atoms with van der Waals surface area (Å²) in [5, 5.41) is 0.496. The monoisotopic (exact) mass is 262 g/mol. The molecule has 0 N–H and O–H groups in total. The van der Waals surface area contributed by atoms with E-state index in [4.69, 9.17) is 0 Å². The quantitative estimate of drug-likeness (QED) is 0.543. The number of ketones is 1. The van der Waals surface area contributed by atoms with Gasteiger partial charge in [-0.05, 0) is 0 Å². The van der Waals surface area contributed by atoms with E-state index < -0.39 is 0 Å². The van der Waals surface area contributed by atoms with E-state index in [2.05, 4.69) is 15.9 Å². The second-order valence-corrected chi connectivity index (χ2v) is 2.13. The Hall–Kier alpha value is 0.880. The van der Waals surface area contributed by atoms with Gasteiger partial charge in [-0.3, -0.25) is 4.79 Å². The second-order valence-electron chi connectivity index (χ2n) is 0.806. The zero-order valence-corrected chi connectivity index (χ0v) is 6.82. The van der Waals surface area contributed by atoms with E-state index in [1.807, 2.05) is 22.6 Å². The van der Waals surface area contributed by atoms with E-state index >= 15 is 0 Å². The molecule has 0 unspecified atom stereocenters. The molecule has 0 atom stereocenters. The topological polar surface area (TPSA) is 17.1 Å². The van der Waals surface area contributed by atoms with Gasteiger partial charge < -0.3 is 0 Å². The zero-order valence-electron chi connectivity index (χ0n) is 3.08. The van der Waals surface area contributed by atoms with Crippen molar-refractivity contribution in [2.45, 2.75) is 0 Å². The maximum atomic E-state index is 10.1. The molecule has 0 heterocycles. The SMILES string of the molecule is O=C(CBr)CI. The summed E-state index contributed by atoms with van der Waals surface area (Å²) >= 11 is 5.05. The van der Waals surface area contributed by atoms with Gasteiger partial charge in [0.05, 0.1) is 9.76 Å². The predicted octanol–water partition coefficient (Wildman–Crippen LogP) is 1.39. The highest BCUT2D eigenvalue weighted by Gasteiger charge is 1.89. The lowest BCUT2D eigenvalue weighted by molar-refractivity contribution is -0.113. The van der Waals surface area contributed by atoms with Crippen molar-refractivity contribution in [1.29, 1.82) is 0 Å². The maximum Gasteiger partial charge on any atom is 0.153 e. The minimum Gasteiger partial charge on any atom is -0.298 e. The average molecular weight is 263 g/mol. The van der Waals surface area contributed by atoms with Crippen molar-refractivity contribution >= 4 is 44.3 Å². The van der Waals surface area contributed by atoms with Crippen molar-refractivity contribution in [2.24, 2.45) is 0 Å². The van der Waals surface area contributed by atoms with E-state index in [9.17, 15) is 4.79 Å². The fourth-order valence-electron chi connectivity index (χ4n) is 0.0357. The highest BCUT2D eigenvalue weighted by Crippen LogP contribution is 1.86.